The Morgan fingerprint density at radius 3 is 1.35 bits per heavy atom. The van der Waals surface area contributed by atoms with Gasteiger partial charge in [-0.25, -0.2) is 0 Å². The Bertz CT molecular complexity index is 757. The summed E-state index contributed by atoms with van der Waals surface area (Å²) in [6.45, 7) is 6.31. The number of rotatable bonds is 35. The Morgan fingerprint density at radius 1 is 0.500 bits per heavy atom. The van der Waals surface area contributed by atoms with E-state index in [1.807, 2.05) is 14.1 Å². The lowest BCUT2D eigenvalue weighted by atomic mass is 10.0. The summed E-state index contributed by atoms with van der Waals surface area (Å²) in [5.41, 5.74) is 0. The maximum atomic E-state index is 12.5. The van der Waals surface area contributed by atoms with E-state index >= 15 is 0 Å². The number of carbonyl (C=O) groups is 3. The van der Waals surface area contributed by atoms with Gasteiger partial charge < -0.3 is 19.1 Å². The lowest BCUT2D eigenvalue weighted by Gasteiger charge is -2.18. The van der Waals surface area contributed by atoms with Crippen LogP contribution in [0, 0.1) is 0 Å². The highest BCUT2D eigenvalue weighted by Crippen LogP contribution is 2.18. The summed E-state index contributed by atoms with van der Waals surface area (Å²) in [4.78, 5) is 38.3. The number of ether oxygens (including phenoxy) is 3. The number of hydrogen-bond donors (Lipinski definition) is 0. The molecule has 0 N–H and O–H groups in total. The normalized spacial score (nSPS) is 11.7. The Hall–Kier alpha value is -2.15. The monoisotopic (exact) mass is 678 g/mol. The summed E-state index contributed by atoms with van der Waals surface area (Å²) in [7, 11) is 4.05. The molecule has 7 nitrogen and oxygen atoms in total. The van der Waals surface area contributed by atoms with Crippen LogP contribution < -0.4 is 0 Å². The molecule has 0 unspecified atom stereocenters. The van der Waals surface area contributed by atoms with E-state index in [-0.39, 0.29) is 24.0 Å². The molecule has 0 rings (SSSR count). The summed E-state index contributed by atoms with van der Waals surface area (Å²) >= 11 is 0. The van der Waals surface area contributed by atoms with Crippen molar-refractivity contribution in [2.24, 2.45) is 0 Å². The topological polar surface area (TPSA) is 82.1 Å². The first-order valence-corrected chi connectivity index (χ1v) is 19.8. The zero-order chi connectivity index (χ0) is 35.3. The van der Waals surface area contributed by atoms with Crippen molar-refractivity contribution in [3.63, 3.8) is 0 Å². The van der Waals surface area contributed by atoms with Gasteiger partial charge in [0.15, 0.2) is 0 Å². The quantitative estimate of drug-likeness (QED) is 0.0286. The van der Waals surface area contributed by atoms with Crippen LogP contribution in [0.3, 0.4) is 0 Å². The van der Waals surface area contributed by atoms with Gasteiger partial charge in [0, 0.05) is 19.3 Å². The van der Waals surface area contributed by atoms with E-state index in [4.69, 9.17) is 14.2 Å². The summed E-state index contributed by atoms with van der Waals surface area (Å²) < 4.78 is 16.7. The zero-order valence-corrected chi connectivity index (χ0v) is 31.8. The molecule has 0 heterocycles. The number of unbranched alkanes of at least 4 members (excludes halogenated alkanes) is 14. The number of allylic oxidation sites excluding steroid dienone is 4. The summed E-state index contributed by atoms with van der Waals surface area (Å²) in [6.07, 6.45) is 34.2. The lowest BCUT2D eigenvalue weighted by Crippen LogP contribution is -2.20. The summed E-state index contributed by atoms with van der Waals surface area (Å²) in [5.74, 6) is -0.245. The molecule has 0 aromatic heterocycles. The number of carbonyl (C=O) groups excluding carboxylic acids is 3. The van der Waals surface area contributed by atoms with E-state index in [2.05, 4.69) is 43.1 Å². The van der Waals surface area contributed by atoms with Crippen LogP contribution in [0.1, 0.15) is 181 Å². The largest absolute Gasteiger partial charge is 0.466 e. The van der Waals surface area contributed by atoms with Gasteiger partial charge in [0.05, 0.1) is 13.2 Å². The smallest absolute Gasteiger partial charge is 0.306 e. The third-order valence-electron chi connectivity index (χ3n) is 8.46. The van der Waals surface area contributed by atoms with Gasteiger partial charge in [0.2, 0.25) is 0 Å². The molecule has 48 heavy (non-hydrogen) atoms. The van der Waals surface area contributed by atoms with Gasteiger partial charge in [-0.2, -0.15) is 0 Å². The molecule has 0 aromatic carbocycles. The molecule has 0 atom stereocenters. The lowest BCUT2D eigenvalue weighted by molar-refractivity contribution is -0.150. The SMILES string of the molecule is CCCC/C=C\CCC(=O)OCCCCCCCCC(CCCCCCCCOC(=O)CC/C=C\CCCC)OC(=O)CCCN(C)C. The number of esters is 3. The Kier molecular flexibility index (Phi) is 34.5. The van der Waals surface area contributed by atoms with E-state index in [0.717, 1.165) is 129 Å². The molecule has 0 amide bonds. The minimum absolute atomic E-state index is 0.0126. The molecular weight excluding hydrogens is 602 g/mol. The maximum absolute atomic E-state index is 12.5. The number of nitrogens with zero attached hydrogens (tertiary/aromatic N) is 1. The molecule has 0 saturated carbocycles. The fraction of sp³-hybridized carbons (Fsp3) is 0.829. The highest BCUT2D eigenvalue weighted by Gasteiger charge is 2.14. The van der Waals surface area contributed by atoms with Crippen LogP contribution in [0.5, 0.6) is 0 Å². The predicted octanol–water partition coefficient (Wildman–Crippen LogP) is 10.8. The first-order chi connectivity index (χ1) is 23.4. The summed E-state index contributed by atoms with van der Waals surface area (Å²) in [5, 5.41) is 0. The van der Waals surface area contributed by atoms with Crippen molar-refractivity contribution < 1.29 is 28.6 Å². The van der Waals surface area contributed by atoms with E-state index in [9.17, 15) is 14.4 Å². The predicted molar refractivity (Wildman–Crippen MR) is 200 cm³/mol. The number of hydrogen-bond acceptors (Lipinski definition) is 7. The molecule has 0 aliphatic rings. The van der Waals surface area contributed by atoms with Gasteiger partial charge in [-0.05, 0) is 91.3 Å². The third kappa shape index (κ3) is 35.2. The zero-order valence-electron chi connectivity index (χ0n) is 31.8. The molecule has 0 fully saturated rings. The highest BCUT2D eigenvalue weighted by molar-refractivity contribution is 5.70. The van der Waals surface area contributed by atoms with E-state index in [0.29, 0.717) is 32.5 Å². The van der Waals surface area contributed by atoms with Crippen molar-refractivity contribution in [1.29, 1.82) is 0 Å². The van der Waals surface area contributed by atoms with Crippen LogP contribution in [0.4, 0.5) is 0 Å². The average Bonchev–Trinajstić information content (AvgIpc) is 3.05. The first-order valence-electron chi connectivity index (χ1n) is 19.8. The molecule has 280 valence electrons. The van der Waals surface area contributed by atoms with Crippen LogP contribution in [-0.4, -0.2) is 62.8 Å². The first kappa shape index (κ1) is 45.9. The van der Waals surface area contributed by atoms with Gasteiger partial charge in [0.25, 0.3) is 0 Å². The van der Waals surface area contributed by atoms with Gasteiger partial charge >= 0.3 is 17.9 Å². The van der Waals surface area contributed by atoms with E-state index < -0.39 is 0 Å². The van der Waals surface area contributed by atoms with Crippen LogP contribution in [-0.2, 0) is 28.6 Å². The van der Waals surface area contributed by atoms with Crippen LogP contribution >= 0.6 is 0 Å². The second kappa shape index (κ2) is 36.1. The second-order valence-electron chi connectivity index (χ2n) is 13.6. The Balaban J connectivity index is 4.05. The highest BCUT2D eigenvalue weighted by atomic mass is 16.5. The molecular formula is C41H75NO6. The van der Waals surface area contributed by atoms with Gasteiger partial charge in [-0.1, -0.05) is 115 Å². The fourth-order valence-electron chi connectivity index (χ4n) is 5.44. The minimum Gasteiger partial charge on any atom is -0.466 e. The Labute approximate surface area is 296 Å². The molecule has 7 heteroatoms. The van der Waals surface area contributed by atoms with E-state index in [1.54, 1.807) is 0 Å². The standard InChI is InChI=1S/C41H75NO6/c1-5-7-9-11-19-25-32-39(43)46-36-27-21-15-13-17-23-30-38(48-41(45)34-29-35-42(3)4)31-24-18-14-16-22-28-37-47-40(44)33-26-20-12-10-8-6-2/h11-12,19-20,38H,5-10,13-18,21-37H2,1-4H3/b19-11-,20-12-. The van der Waals surface area contributed by atoms with Crippen LogP contribution in [0.2, 0.25) is 0 Å². The van der Waals surface area contributed by atoms with E-state index in [1.165, 1.54) is 25.7 Å². The Morgan fingerprint density at radius 2 is 0.917 bits per heavy atom. The van der Waals surface area contributed by atoms with Gasteiger partial charge in [-0.15, -0.1) is 0 Å². The molecule has 0 aliphatic heterocycles. The second-order valence-corrected chi connectivity index (χ2v) is 13.6. The average molecular weight is 678 g/mol. The summed E-state index contributed by atoms with van der Waals surface area (Å²) in [6, 6.07) is 0. The van der Waals surface area contributed by atoms with Crippen molar-refractivity contribution in [3.8, 4) is 0 Å². The minimum atomic E-state index is -0.0905. The molecule has 0 bridgehead atoms. The van der Waals surface area contributed by atoms with Crippen molar-refractivity contribution >= 4 is 17.9 Å². The van der Waals surface area contributed by atoms with Gasteiger partial charge in [0.1, 0.15) is 6.10 Å². The van der Waals surface area contributed by atoms with Crippen molar-refractivity contribution in [2.75, 3.05) is 33.9 Å². The molecule has 0 radical (unpaired) electrons. The third-order valence-corrected chi connectivity index (χ3v) is 8.46. The van der Waals surface area contributed by atoms with Crippen LogP contribution in [0.15, 0.2) is 24.3 Å². The van der Waals surface area contributed by atoms with Gasteiger partial charge in [-0.3, -0.25) is 14.4 Å². The maximum Gasteiger partial charge on any atom is 0.306 e. The molecule has 0 spiro atoms. The van der Waals surface area contributed by atoms with Crippen molar-refractivity contribution in [3.05, 3.63) is 24.3 Å². The van der Waals surface area contributed by atoms with Crippen LogP contribution in [0.25, 0.3) is 0 Å². The van der Waals surface area contributed by atoms with Crippen molar-refractivity contribution in [1.82, 2.24) is 4.90 Å². The molecule has 0 aliphatic carbocycles. The molecule has 0 aromatic rings. The molecule has 0 saturated heterocycles. The fourth-order valence-corrected chi connectivity index (χ4v) is 5.44. The van der Waals surface area contributed by atoms with Crippen molar-refractivity contribution in [2.45, 2.75) is 187 Å².